The molecule has 1 N–H and O–H groups in total. The van der Waals surface area contributed by atoms with Crippen molar-refractivity contribution in [2.24, 2.45) is 0 Å². The summed E-state index contributed by atoms with van der Waals surface area (Å²) in [4.78, 5) is 4.15. The van der Waals surface area contributed by atoms with E-state index in [4.69, 9.17) is 5.11 Å². The quantitative estimate of drug-likeness (QED) is 0.872. The van der Waals surface area contributed by atoms with E-state index in [9.17, 15) is 0 Å². The lowest BCUT2D eigenvalue weighted by molar-refractivity contribution is 0.185. The van der Waals surface area contributed by atoms with Crippen molar-refractivity contribution in [1.82, 2.24) is 4.98 Å². The Balaban J connectivity index is 2.39. The summed E-state index contributed by atoms with van der Waals surface area (Å²) < 4.78 is 1.05. The van der Waals surface area contributed by atoms with E-state index in [0.29, 0.717) is 0 Å². The van der Waals surface area contributed by atoms with Gasteiger partial charge in [0, 0.05) is 6.42 Å². The lowest BCUT2D eigenvalue weighted by Crippen LogP contribution is -2.00. The number of rotatable bonds is 3. The minimum Gasteiger partial charge on any atom is -0.393 e. The van der Waals surface area contributed by atoms with Gasteiger partial charge >= 0.3 is 0 Å². The van der Waals surface area contributed by atoms with Crippen molar-refractivity contribution in [1.29, 1.82) is 0 Å². The minimum atomic E-state index is -0.224. The molecule has 1 heterocycles. The maximum absolute atomic E-state index is 8.99. The molecule has 0 saturated heterocycles. The van der Waals surface area contributed by atoms with Gasteiger partial charge in [0.05, 0.1) is 21.1 Å². The van der Waals surface area contributed by atoms with E-state index in [-0.39, 0.29) is 6.10 Å². The molecule has 62 valence electrons. The number of aryl methyl sites for hydroxylation is 1. The summed E-state index contributed by atoms with van der Waals surface area (Å²) in [6.45, 7) is 1.79. The van der Waals surface area contributed by atoms with Gasteiger partial charge in [0.15, 0.2) is 0 Å². The van der Waals surface area contributed by atoms with Crippen LogP contribution in [0.4, 0.5) is 0 Å². The number of aliphatic hydroxyl groups excluding tert-OH is 1. The highest BCUT2D eigenvalue weighted by Crippen LogP contribution is 2.20. The first-order valence-corrected chi connectivity index (χ1v) is 5.07. The molecule has 11 heavy (non-hydrogen) atoms. The van der Waals surface area contributed by atoms with E-state index >= 15 is 0 Å². The second kappa shape index (κ2) is 4.18. The number of aromatic nitrogens is 1. The van der Waals surface area contributed by atoms with Gasteiger partial charge in [-0.05, 0) is 29.3 Å². The molecule has 0 aliphatic carbocycles. The molecule has 1 aromatic rings. The SMILES string of the molecule is C[C@H](O)CCc1ncc(Br)s1. The van der Waals surface area contributed by atoms with E-state index in [1.807, 2.05) is 0 Å². The lowest BCUT2D eigenvalue weighted by atomic mass is 10.2. The van der Waals surface area contributed by atoms with Gasteiger partial charge in [-0.3, -0.25) is 0 Å². The van der Waals surface area contributed by atoms with Crippen LogP contribution in [-0.4, -0.2) is 16.2 Å². The summed E-state index contributed by atoms with van der Waals surface area (Å²) in [6.07, 6.45) is 3.23. The van der Waals surface area contributed by atoms with Gasteiger partial charge in [-0.1, -0.05) is 0 Å². The molecule has 0 spiro atoms. The summed E-state index contributed by atoms with van der Waals surface area (Å²) in [5, 5.41) is 10.1. The van der Waals surface area contributed by atoms with Crippen LogP contribution >= 0.6 is 27.3 Å². The number of aliphatic hydroxyl groups is 1. The molecule has 0 aliphatic rings. The fourth-order valence-electron chi connectivity index (χ4n) is 0.736. The monoisotopic (exact) mass is 235 g/mol. The Morgan fingerprint density at radius 2 is 2.55 bits per heavy atom. The zero-order valence-electron chi connectivity index (χ0n) is 6.25. The molecule has 0 fully saturated rings. The molecular formula is C7H10BrNOS. The fraction of sp³-hybridized carbons (Fsp3) is 0.571. The molecule has 0 aromatic carbocycles. The largest absolute Gasteiger partial charge is 0.393 e. The van der Waals surface area contributed by atoms with Crippen LogP contribution < -0.4 is 0 Å². The van der Waals surface area contributed by atoms with Crippen molar-refractivity contribution in [3.05, 3.63) is 15.0 Å². The summed E-state index contributed by atoms with van der Waals surface area (Å²) in [7, 11) is 0. The summed E-state index contributed by atoms with van der Waals surface area (Å²) in [5.74, 6) is 0. The van der Waals surface area contributed by atoms with Gasteiger partial charge in [-0.15, -0.1) is 11.3 Å². The molecular weight excluding hydrogens is 226 g/mol. The van der Waals surface area contributed by atoms with E-state index in [1.54, 1.807) is 24.5 Å². The van der Waals surface area contributed by atoms with E-state index in [1.165, 1.54) is 0 Å². The molecule has 1 atom stereocenters. The molecule has 0 bridgehead atoms. The molecule has 0 saturated carbocycles. The smallest absolute Gasteiger partial charge is 0.0937 e. The van der Waals surface area contributed by atoms with Crippen LogP contribution in [0, 0.1) is 0 Å². The normalized spacial score (nSPS) is 13.4. The first kappa shape index (κ1) is 9.16. The molecule has 4 heteroatoms. The average Bonchev–Trinajstić information content (AvgIpc) is 2.31. The first-order valence-electron chi connectivity index (χ1n) is 3.47. The Kier molecular flexibility index (Phi) is 3.48. The Hall–Kier alpha value is 0.0700. The summed E-state index contributed by atoms with van der Waals surface area (Å²) >= 11 is 4.96. The van der Waals surface area contributed by atoms with Crippen LogP contribution in [0.25, 0.3) is 0 Å². The Morgan fingerprint density at radius 3 is 3.00 bits per heavy atom. The van der Waals surface area contributed by atoms with Gasteiger partial charge in [0.1, 0.15) is 0 Å². The highest BCUT2D eigenvalue weighted by atomic mass is 79.9. The molecule has 2 nitrogen and oxygen atoms in total. The van der Waals surface area contributed by atoms with Crippen molar-refractivity contribution >= 4 is 27.3 Å². The third-order valence-electron chi connectivity index (χ3n) is 1.30. The maximum atomic E-state index is 8.99. The topological polar surface area (TPSA) is 33.1 Å². The number of hydrogen-bond donors (Lipinski definition) is 1. The zero-order valence-corrected chi connectivity index (χ0v) is 8.65. The number of hydrogen-bond acceptors (Lipinski definition) is 3. The third kappa shape index (κ3) is 3.31. The van der Waals surface area contributed by atoms with Crippen LogP contribution in [0.15, 0.2) is 9.98 Å². The predicted molar refractivity (Wildman–Crippen MR) is 49.8 cm³/mol. The average molecular weight is 236 g/mol. The second-order valence-corrected chi connectivity index (χ2v) is 4.94. The standard InChI is InChI=1S/C7H10BrNOS/c1-5(10)2-3-7-9-4-6(8)11-7/h4-5,10H,2-3H2,1H3/t5-/m0/s1. The second-order valence-electron chi connectivity index (χ2n) is 2.45. The van der Waals surface area contributed by atoms with E-state index in [2.05, 4.69) is 20.9 Å². The fourth-order valence-corrected chi connectivity index (χ4v) is 2.05. The number of nitrogens with zero attached hydrogens (tertiary/aromatic N) is 1. The highest BCUT2D eigenvalue weighted by molar-refractivity contribution is 9.11. The number of halogens is 1. The summed E-state index contributed by atoms with van der Waals surface area (Å²) in [6, 6.07) is 0. The molecule has 0 unspecified atom stereocenters. The van der Waals surface area contributed by atoms with Crippen molar-refractivity contribution in [2.75, 3.05) is 0 Å². The van der Waals surface area contributed by atoms with Gasteiger partial charge < -0.3 is 5.11 Å². The van der Waals surface area contributed by atoms with Crippen LogP contribution in [0.5, 0.6) is 0 Å². The molecule has 1 aromatic heterocycles. The van der Waals surface area contributed by atoms with Crippen LogP contribution in [0.1, 0.15) is 18.4 Å². The molecule has 0 radical (unpaired) electrons. The molecule has 0 amide bonds. The first-order chi connectivity index (χ1) is 5.18. The van der Waals surface area contributed by atoms with E-state index < -0.39 is 0 Å². The Labute approximate surface area is 78.4 Å². The number of thiazole rings is 1. The van der Waals surface area contributed by atoms with Crippen molar-refractivity contribution in [3.63, 3.8) is 0 Å². The van der Waals surface area contributed by atoms with Crippen molar-refractivity contribution < 1.29 is 5.11 Å². The lowest BCUT2D eigenvalue weighted by Gasteiger charge is -1.99. The molecule has 0 aliphatic heterocycles. The van der Waals surface area contributed by atoms with E-state index in [0.717, 1.165) is 21.6 Å². The van der Waals surface area contributed by atoms with Crippen molar-refractivity contribution in [3.8, 4) is 0 Å². The van der Waals surface area contributed by atoms with Gasteiger partial charge in [0.25, 0.3) is 0 Å². The van der Waals surface area contributed by atoms with Gasteiger partial charge in [-0.2, -0.15) is 0 Å². The van der Waals surface area contributed by atoms with Crippen LogP contribution in [-0.2, 0) is 6.42 Å². The maximum Gasteiger partial charge on any atom is 0.0937 e. The predicted octanol–water partition coefficient (Wildman–Crippen LogP) is 2.22. The van der Waals surface area contributed by atoms with Crippen LogP contribution in [0.2, 0.25) is 0 Å². The Morgan fingerprint density at radius 1 is 1.82 bits per heavy atom. The molecule has 1 rings (SSSR count). The summed E-state index contributed by atoms with van der Waals surface area (Å²) in [5.41, 5.74) is 0. The Bertz CT molecular complexity index is 224. The van der Waals surface area contributed by atoms with Crippen LogP contribution in [0.3, 0.4) is 0 Å². The van der Waals surface area contributed by atoms with Gasteiger partial charge in [0.2, 0.25) is 0 Å². The zero-order chi connectivity index (χ0) is 8.27. The van der Waals surface area contributed by atoms with Gasteiger partial charge in [-0.25, -0.2) is 4.98 Å². The third-order valence-corrected chi connectivity index (χ3v) is 2.84. The minimum absolute atomic E-state index is 0.224. The highest BCUT2D eigenvalue weighted by Gasteiger charge is 2.01. The van der Waals surface area contributed by atoms with Crippen molar-refractivity contribution in [2.45, 2.75) is 25.9 Å².